The molecule has 0 radical (unpaired) electrons. The highest BCUT2D eigenvalue weighted by Crippen LogP contribution is 2.12. The topological polar surface area (TPSA) is 66.4 Å². The van der Waals surface area contributed by atoms with Crippen LogP contribution in [0.15, 0.2) is 35.2 Å². The summed E-state index contributed by atoms with van der Waals surface area (Å²) in [5.41, 5.74) is 0. The first-order valence-corrected chi connectivity index (χ1v) is 7.37. The summed E-state index contributed by atoms with van der Waals surface area (Å²) in [4.78, 5) is 0.334. The van der Waals surface area contributed by atoms with Gasteiger partial charge in [-0.25, -0.2) is 8.42 Å². The zero-order chi connectivity index (χ0) is 12.7. The van der Waals surface area contributed by atoms with Crippen LogP contribution in [0, 0.1) is 0 Å². The Bertz CT molecular complexity index is 411. The average Bonchev–Trinajstić information content (AvgIpc) is 2.30. The standard InChI is InChI=1S/C12H19NO3S/c1-2-13-11(8-9-14)10-17(15,16)12-6-4-3-5-7-12/h3-7,11,13-14H,2,8-10H2,1H3. The second-order valence-electron chi connectivity index (χ2n) is 3.86. The number of aliphatic hydroxyl groups is 1. The van der Waals surface area contributed by atoms with Gasteiger partial charge in [-0.3, -0.25) is 0 Å². The lowest BCUT2D eigenvalue weighted by molar-refractivity contribution is 0.270. The van der Waals surface area contributed by atoms with E-state index in [1.54, 1.807) is 30.3 Å². The number of aliphatic hydroxyl groups excluding tert-OH is 1. The van der Waals surface area contributed by atoms with Gasteiger partial charge >= 0.3 is 0 Å². The predicted molar refractivity (Wildman–Crippen MR) is 67.7 cm³/mol. The van der Waals surface area contributed by atoms with Gasteiger partial charge in [-0.15, -0.1) is 0 Å². The molecule has 0 bridgehead atoms. The van der Waals surface area contributed by atoms with Crippen LogP contribution in [0.4, 0.5) is 0 Å². The zero-order valence-corrected chi connectivity index (χ0v) is 10.8. The van der Waals surface area contributed by atoms with E-state index in [0.717, 1.165) is 0 Å². The quantitative estimate of drug-likeness (QED) is 0.759. The largest absolute Gasteiger partial charge is 0.396 e. The van der Waals surface area contributed by atoms with Gasteiger partial charge in [0.15, 0.2) is 9.84 Å². The van der Waals surface area contributed by atoms with Crippen LogP contribution in [-0.4, -0.2) is 38.5 Å². The highest BCUT2D eigenvalue weighted by atomic mass is 32.2. The van der Waals surface area contributed by atoms with Crippen molar-refractivity contribution in [2.75, 3.05) is 18.9 Å². The number of benzene rings is 1. The summed E-state index contributed by atoms with van der Waals surface area (Å²) >= 11 is 0. The molecule has 0 amide bonds. The number of rotatable bonds is 7. The molecule has 0 aliphatic rings. The monoisotopic (exact) mass is 257 g/mol. The van der Waals surface area contributed by atoms with Crippen LogP contribution in [0.1, 0.15) is 13.3 Å². The summed E-state index contributed by atoms with van der Waals surface area (Å²) in [6.07, 6.45) is 0.444. The summed E-state index contributed by atoms with van der Waals surface area (Å²) in [6.45, 7) is 2.59. The van der Waals surface area contributed by atoms with E-state index in [2.05, 4.69) is 5.32 Å². The molecule has 96 valence electrons. The van der Waals surface area contributed by atoms with Crippen LogP contribution in [0.5, 0.6) is 0 Å². The van der Waals surface area contributed by atoms with E-state index in [1.165, 1.54) is 0 Å². The van der Waals surface area contributed by atoms with Gasteiger partial charge in [0.25, 0.3) is 0 Å². The SMILES string of the molecule is CCNC(CCO)CS(=O)(=O)c1ccccc1. The van der Waals surface area contributed by atoms with E-state index in [0.29, 0.717) is 17.9 Å². The lowest BCUT2D eigenvalue weighted by Crippen LogP contribution is -2.36. The third kappa shape index (κ3) is 4.46. The molecule has 0 saturated carbocycles. The molecule has 2 N–H and O–H groups in total. The first-order chi connectivity index (χ1) is 8.10. The second-order valence-corrected chi connectivity index (χ2v) is 5.90. The Morgan fingerprint density at radius 1 is 1.29 bits per heavy atom. The van der Waals surface area contributed by atoms with Gasteiger partial charge < -0.3 is 10.4 Å². The van der Waals surface area contributed by atoms with Crippen molar-refractivity contribution in [3.63, 3.8) is 0 Å². The van der Waals surface area contributed by atoms with Crippen molar-refractivity contribution in [1.82, 2.24) is 5.32 Å². The maximum absolute atomic E-state index is 12.1. The minimum Gasteiger partial charge on any atom is -0.396 e. The molecule has 1 unspecified atom stereocenters. The van der Waals surface area contributed by atoms with Crippen LogP contribution >= 0.6 is 0 Å². The molecule has 0 spiro atoms. The number of hydrogen-bond acceptors (Lipinski definition) is 4. The number of hydrogen-bond donors (Lipinski definition) is 2. The molecule has 17 heavy (non-hydrogen) atoms. The Labute approximate surface area is 103 Å². The number of nitrogens with one attached hydrogen (secondary N) is 1. The molecular formula is C12H19NO3S. The molecule has 0 saturated heterocycles. The molecule has 1 rings (SSSR count). The molecular weight excluding hydrogens is 238 g/mol. The highest BCUT2D eigenvalue weighted by Gasteiger charge is 2.19. The Morgan fingerprint density at radius 3 is 2.47 bits per heavy atom. The van der Waals surface area contributed by atoms with Gasteiger partial charge in [-0.05, 0) is 25.1 Å². The molecule has 0 fully saturated rings. The Kier molecular flexibility index (Phi) is 5.61. The third-order valence-corrected chi connectivity index (χ3v) is 4.32. The molecule has 1 atom stereocenters. The molecule has 0 aliphatic heterocycles. The molecule has 1 aromatic rings. The van der Waals surface area contributed by atoms with Crippen molar-refractivity contribution in [1.29, 1.82) is 0 Å². The van der Waals surface area contributed by atoms with E-state index < -0.39 is 9.84 Å². The minimum absolute atomic E-state index is 0.0119. The van der Waals surface area contributed by atoms with E-state index in [4.69, 9.17) is 5.11 Å². The van der Waals surface area contributed by atoms with Gasteiger partial charge in [0.2, 0.25) is 0 Å². The first-order valence-electron chi connectivity index (χ1n) is 5.72. The predicted octanol–water partition coefficient (Wildman–Crippen LogP) is 0.821. The van der Waals surface area contributed by atoms with Gasteiger partial charge in [-0.1, -0.05) is 25.1 Å². The summed E-state index contributed by atoms with van der Waals surface area (Å²) in [5, 5.41) is 12.0. The maximum atomic E-state index is 12.1. The highest BCUT2D eigenvalue weighted by molar-refractivity contribution is 7.91. The fourth-order valence-corrected chi connectivity index (χ4v) is 3.26. The smallest absolute Gasteiger partial charge is 0.179 e. The molecule has 1 aromatic carbocycles. The van der Waals surface area contributed by atoms with E-state index >= 15 is 0 Å². The van der Waals surface area contributed by atoms with Gasteiger partial charge in [0, 0.05) is 12.6 Å². The van der Waals surface area contributed by atoms with Crippen molar-refractivity contribution in [2.45, 2.75) is 24.3 Å². The minimum atomic E-state index is -3.28. The average molecular weight is 257 g/mol. The Morgan fingerprint density at radius 2 is 1.94 bits per heavy atom. The molecule has 5 heteroatoms. The molecule has 0 aromatic heterocycles. The van der Waals surface area contributed by atoms with Crippen LogP contribution in [-0.2, 0) is 9.84 Å². The van der Waals surface area contributed by atoms with Crippen LogP contribution < -0.4 is 5.32 Å². The van der Waals surface area contributed by atoms with Crippen LogP contribution in [0.3, 0.4) is 0 Å². The third-order valence-electron chi connectivity index (χ3n) is 2.49. The summed E-state index contributed by atoms with van der Waals surface area (Å²) in [6, 6.07) is 8.20. The van der Waals surface area contributed by atoms with Gasteiger partial charge in [0.05, 0.1) is 10.6 Å². The van der Waals surface area contributed by atoms with Gasteiger partial charge in [0.1, 0.15) is 0 Å². The van der Waals surface area contributed by atoms with E-state index in [1.807, 2.05) is 6.92 Å². The van der Waals surface area contributed by atoms with Gasteiger partial charge in [-0.2, -0.15) is 0 Å². The summed E-state index contributed by atoms with van der Waals surface area (Å²) in [7, 11) is -3.28. The van der Waals surface area contributed by atoms with Crippen LogP contribution in [0.25, 0.3) is 0 Å². The second kappa shape index (κ2) is 6.74. The molecule has 0 aliphatic carbocycles. The first kappa shape index (κ1) is 14.2. The summed E-state index contributed by atoms with van der Waals surface area (Å²) < 4.78 is 24.1. The molecule has 0 heterocycles. The van der Waals surface area contributed by atoms with Crippen molar-refractivity contribution >= 4 is 9.84 Å². The fraction of sp³-hybridized carbons (Fsp3) is 0.500. The van der Waals surface area contributed by atoms with Crippen molar-refractivity contribution in [3.8, 4) is 0 Å². The van der Waals surface area contributed by atoms with E-state index in [-0.39, 0.29) is 18.4 Å². The Balaban J connectivity index is 2.77. The maximum Gasteiger partial charge on any atom is 0.179 e. The number of sulfone groups is 1. The zero-order valence-electron chi connectivity index (χ0n) is 9.96. The van der Waals surface area contributed by atoms with Crippen molar-refractivity contribution < 1.29 is 13.5 Å². The summed E-state index contributed by atoms with van der Waals surface area (Å²) in [5.74, 6) is 0.0193. The normalized spacial score (nSPS) is 13.5. The molecule has 4 nitrogen and oxygen atoms in total. The lowest BCUT2D eigenvalue weighted by Gasteiger charge is -2.16. The lowest BCUT2D eigenvalue weighted by atomic mass is 10.2. The van der Waals surface area contributed by atoms with Crippen LogP contribution in [0.2, 0.25) is 0 Å². The van der Waals surface area contributed by atoms with Crippen molar-refractivity contribution in [2.24, 2.45) is 0 Å². The van der Waals surface area contributed by atoms with E-state index in [9.17, 15) is 8.42 Å². The fourth-order valence-electron chi connectivity index (χ4n) is 1.68. The van der Waals surface area contributed by atoms with Crippen molar-refractivity contribution in [3.05, 3.63) is 30.3 Å². The Hall–Kier alpha value is -0.910.